The van der Waals surface area contributed by atoms with Crippen molar-refractivity contribution >= 4 is 21.6 Å². The molecule has 1 heterocycles. The number of fused-ring (bicyclic) bond motifs is 1. The third-order valence-electron chi connectivity index (χ3n) is 4.02. The van der Waals surface area contributed by atoms with Crippen molar-refractivity contribution in [3.63, 3.8) is 0 Å². The average Bonchev–Trinajstić information content (AvgIpc) is 2.90. The van der Waals surface area contributed by atoms with Crippen LogP contribution in [0.25, 0.3) is 0 Å². The summed E-state index contributed by atoms with van der Waals surface area (Å²) in [5, 5.41) is 2.58. The molecule has 1 atom stereocenters. The van der Waals surface area contributed by atoms with Crippen molar-refractivity contribution in [3.8, 4) is 0 Å². The van der Waals surface area contributed by atoms with E-state index in [2.05, 4.69) is 5.32 Å². The Morgan fingerprint density at radius 1 is 1.17 bits per heavy atom. The first-order valence-corrected chi connectivity index (χ1v) is 8.83. The van der Waals surface area contributed by atoms with Gasteiger partial charge in [0, 0.05) is 18.7 Å². The van der Waals surface area contributed by atoms with Crippen LogP contribution in [-0.4, -0.2) is 27.4 Å². The van der Waals surface area contributed by atoms with Crippen molar-refractivity contribution in [2.45, 2.75) is 24.3 Å². The number of carbonyl (C=O) groups is 1. The Labute approximate surface area is 136 Å². The smallest absolute Gasteiger partial charge is 0.264 e. The monoisotopic (exact) mass is 330 g/mol. The summed E-state index contributed by atoms with van der Waals surface area (Å²) >= 11 is 0. The molecule has 3 rings (SSSR count). The highest BCUT2D eigenvalue weighted by Gasteiger charge is 2.36. The number of anilines is 1. The molecule has 0 spiro atoms. The fraction of sp³-hybridized carbons (Fsp3) is 0.235. The predicted octanol–water partition coefficient (Wildman–Crippen LogP) is 2.19. The highest BCUT2D eigenvalue weighted by atomic mass is 32.2. The molecule has 0 bridgehead atoms. The van der Waals surface area contributed by atoms with Gasteiger partial charge >= 0.3 is 0 Å². The van der Waals surface area contributed by atoms with Crippen molar-refractivity contribution in [1.82, 2.24) is 5.32 Å². The molecule has 5 nitrogen and oxygen atoms in total. The number of carbonyl (C=O) groups excluding carboxylic acids is 1. The first-order chi connectivity index (χ1) is 10.9. The lowest BCUT2D eigenvalue weighted by Crippen LogP contribution is -2.35. The van der Waals surface area contributed by atoms with E-state index < -0.39 is 10.0 Å². The molecule has 2 aromatic rings. The van der Waals surface area contributed by atoms with E-state index >= 15 is 0 Å². The number of hydrogen-bond acceptors (Lipinski definition) is 3. The average molecular weight is 330 g/mol. The van der Waals surface area contributed by atoms with E-state index in [0.717, 1.165) is 5.56 Å². The molecule has 2 aromatic carbocycles. The van der Waals surface area contributed by atoms with Gasteiger partial charge in [0.2, 0.25) is 0 Å². The quantitative estimate of drug-likeness (QED) is 0.938. The zero-order valence-corrected chi connectivity index (χ0v) is 13.8. The van der Waals surface area contributed by atoms with Crippen LogP contribution in [0.2, 0.25) is 0 Å². The molecule has 0 radical (unpaired) electrons. The Kier molecular flexibility index (Phi) is 3.85. The van der Waals surface area contributed by atoms with Crippen molar-refractivity contribution < 1.29 is 13.2 Å². The standard InChI is InChI=1S/C17H18N2O3S/c1-12-10-14-11-13(17(20)18-2)8-9-16(14)19(12)23(21,22)15-6-4-3-5-7-15/h3-9,11-12H,10H2,1-2H3,(H,18,20)/t12-/m0/s1. The van der Waals surface area contributed by atoms with Crippen LogP contribution in [0.3, 0.4) is 0 Å². The van der Waals surface area contributed by atoms with Crippen LogP contribution in [0, 0.1) is 0 Å². The van der Waals surface area contributed by atoms with Gasteiger partial charge in [-0.2, -0.15) is 0 Å². The van der Waals surface area contributed by atoms with E-state index in [0.29, 0.717) is 17.7 Å². The molecule has 0 aliphatic carbocycles. The lowest BCUT2D eigenvalue weighted by molar-refractivity contribution is 0.0963. The summed E-state index contributed by atoms with van der Waals surface area (Å²) < 4.78 is 27.3. The zero-order chi connectivity index (χ0) is 16.6. The second-order valence-corrected chi connectivity index (χ2v) is 7.40. The van der Waals surface area contributed by atoms with E-state index in [4.69, 9.17) is 0 Å². The third-order valence-corrected chi connectivity index (χ3v) is 5.96. The minimum absolute atomic E-state index is 0.176. The van der Waals surface area contributed by atoms with Gasteiger partial charge in [-0.15, -0.1) is 0 Å². The largest absolute Gasteiger partial charge is 0.355 e. The minimum Gasteiger partial charge on any atom is -0.355 e. The molecule has 0 saturated heterocycles. The maximum atomic E-state index is 12.9. The van der Waals surface area contributed by atoms with Crippen LogP contribution in [0.1, 0.15) is 22.8 Å². The molecular formula is C17H18N2O3S. The second kappa shape index (κ2) is 5.70. The summed E-state index contributed by atoms with van der Waals surface area (Å²) in [6.45, 7) is 1.88. The molecule has 1 aliphatic rings. The lowest BCUT2D eigenvalue weighted by atomic mass is 10.1. The van der Waals surface area contributed by atoms with Gasteiger partial charge in [0.15, 0.2) is 0 Å². The fourth-order valence-corrected chi connectivity index (χ4v) is 4.67. The van der Waals surface area contributed by atoms with Crippen LogP contribution in [0.5, 0.6) is 0 Å². The molecular weight excluding hydrogens is 312 g/mol. The number of nitrogens with one attached hydrogen (secondary N) is 1. The van der Waals surface area contributed by atoms with Gasteiger partial charge in [0.05, 0.1) is 10.6 Å². The van der Waals surface area contributed by atoms with Gasteiger partial charge in [-0.1, -0.05) is 18.2 Å². The van der Waals surface area contributed by atoms with Crippen LogP contribution in [0.4, 0.5) is 5.69 Å². The molecule has 0 fully saturated rings. The maximum absolute atomic E-state index is 12.9. The maximum Gasteiger partial charge on any atom is 0.264 e. The second-order valence-electron chi connectivity index (χ2n) is 5.59. The Morgan fingerprint density at radius 2 is 1.87 bits per heavy atom. The molecule has 1 amide bonds. The fourth-order valence-electron chi connectivity index (χ4n) is 2.96. The molecule has 0 unspecified atom stereocenters. The normalized spacial score (nSPS) is 17.0. The number of sulfonamides is 1. The topological polar surface area (TPSA) is 66.5 Å². The van der Waals surface area contributed by atoms with E-state index in [1.165, 1.54) is 4.31 Å². The highest BCUT2D eigenvalue weighted by molar-refractivity contribution is 7.92. The molecule has 23 heavy (non-hydrogen) atoms. The van der Waals surface area contributed by atoms with Crippen LogP contribution < -0.4 is 9.62 Å². The summed E-state index contributed by atoms with van der Waals surface area (Å²) in [6.07, 6.45) is 0.590. The summed E-state index contributed by atoms with van der Waals surface area (Å²) in [6, 6.07) is 13.4. The third kappa shape index (κ3) is 2.59. The van der Waals surface area contributed by atoms with Crippen molar-refractivity contribution in [1.29, 1.82) is 0 Å². The lowest BCUT2D eigenvalue weighted by Gasteiger charge is -2.24. The van der Waals surface area contributed by atoms with E-state index in [-0.39, 0.29) is 16.8 Å². The van der Waals surface area contributed by atoms with Crippen LogP contribution >= 0.6 is 0 Å². The first-order valence-electron chi connectivity index (χ1n) is 7.39. The molecule has 120 valence electrons. The Morgan fingerprint density at radius 3 is 2.52 bits per heavy atom. The molecule has 1 aliphatic heterocycles. The van der Waals surface area contributed by atoms with Crippen LogP contribution in [0.15, 0.2) is 53.4 Å². The highest BCUT2D eigenvalue weighted by Crippen LogP contribution is 2.37. The predicted molar refractivity (Wildman–Crippen MR) is 89.1 cm³/mol. The SMILES string of the molecule is CNC(=O)c1ccc2c(c1)C[C@H](C)N2S(=O)(=O)c1ccccc1. The van der Waals surface area contributed by atoms with E-state index in [9.17, 15) is 13.2 Å². The molecule has 0 aromatic heterocycles. The summed E-state index contributed by atoms with van der Waals surface area (Å²) in [5.74, 6) is -0.176. The number of nitrogens with zero attached hydrogens (tertiary/aromatic N) is 1. The Hall–Kier alpha value is -2.34. The number of benzene rings is 2. The van der Waals surface area contributed by atoms with Gasteiger partial charge in [-0.25, -0.2) is 8.42 Å². The van der Waals surface area contributed by atoms with E-state index in [1.807, 2.05) is 6.92 Å². The number of rotatable bonds is 3. The van der Waals surface area contributed by atoms with Crippen molar-refractivity contribution in [3.05, 3.63) is 59.7 Å². The Balaban J connectivity index is 2.06. The molecule has 6 heteroatoms. The van der Waals surface area contributed by atoms with Gasteiger partial charge in [-0.3, -0.25) is 9.10 Å². The van der Waals surface area contributed by atoms with Crippen molar-refractivity contribution in [2.75, 3.05) is 11.4 Å². The van der Waals surface area contributed by atoms with Crippen molar-refractivity contribution in [2.24, 2.45) is 0 Å². The first kappa shape index (κ1) is 15.6. The molecule has 1 N–H and O–H groups in total. The Bertz CT molecular complexity index is 847. The van der Waals surface area contributed by atoms with Crippen LogP contribution in [-0.2, 0) is 16.4 Å². The van der Waals surface area contributed by atoms with E-state index in [1.54, 1.807) is 55.6 Å². The minimum atomic E-state index is -3.61. The number of amides is 1. The summed E-state index contributed by atoms with van der Waals surface area (Å²) in [5.41, 5.74) is 2.06. The van der Waals surface area contributed by atoms with Gasteiger partial charge in [0.25, 0.3) is 15.9 Å². The summed E-state index contributed by atoms with van der Waals surface area (Å²) in [7, 11) is -2.03. The zero-order valence-electron chi connectivity index (χ0n) is 13.0. The van der Waals surface area contributed by atoms with Gasteiger partial charge in [-0.05, 0) is 49.2 Å². The van der Waals surface area contributed by atoms with Gasteiger partial charge < -0.3 is 5.32 Å². The van der Waals surface area contributed by atoms with Gasteiger partial charge in [0.1, 0.15) is 0 Å². The number of hydrogen-bond donors (Lipinski definition) is 1. The summed E-state index contributed by atoms with van der Waals surface area (Å²) in [4.78, 5) is 12.0. The molecule has 0 saturated carbocycles.